The molecule has 0 aliphatic rings. The monoisotopic (exact) mass is 376 g/mol. The Morgan fingerprint density at radius 1 is 0.704 bits per heavy atom. The van der Waals surface area contributed by atoms with Gasteiger partial charge in [-0.15, -0.1) is 0 Å². The second-order valence-electron chi connectivity index (χ2n) is 7.67. The molecule has 0 atom stereocenters. The number of aromatic hydroxyl groups is 1. The van der Waals surface area contributed by atoms with Crippen LogP contribution in [0.25, 0.3) is 0 Å². The van der Waals surface area contributed by atoms with E-state index in [0.717, 1.165) is 12.8 Å². The highest BCUT2D eigenvalue weighted by Gasteiger charge is 2.04. The van der Waals surface area contributed by atoms with E-state index in [0.29, 0.717) is 12.2 Å². The Balaban J connectivity index is 1.81. The van der Waals surface area contributed by atoms with Crippen LogP contribution in [0, 0.1) is 0 Å². The summed E-state index contributed by atoms with van der Waals surface area (Å²) in [6.45, 7) is 2.27. The largest absolute Gasteiger partial charge is 0.508 e. The molecular weight excluding hydrogens is 336 g/mol. The predicted molar refractivity (Wildman–Crippen MR) is 113 cm³/mol. The summed E-state index contributed by atoms with van der Waals surface area (Å²) in [4.78, 5) is 11.7. The van der Waals surface area contributed by atoms with Crippen molar-refractivity contribution in [1.29, 1.82) is 0 Å². The van der Waals surface area contributed by atoms with Crippen LogP contribution in [-0.4, -0.2) is 11.1 Å². The second kappa shape index (κ2) is 16.6. The fourth-order valence-electron chi connectivity index (χ4n) is 3.34. The van der Waals surface area contributed by atoms with Gasteiger partial charge in [0, 0.05) is 6.42 Å². The van der Waals surface area contributed by atoms with Gasteiger partial charge in [0.2, 0.25) is 0 Å². The summed E-state index contributed by atoms with van der Waals surface area (Å²) in [6.07, 6.45) is 20.3. The lowest BCUT2D eigenvalue weighted by Crippen LogP contribution is -2.07. The molecule has 0 heterocycles. The van der Waals surface area contributed by atoms with Crippen LogP contribution in [0.15, 0.2) is 24.3 Å². The molecule has 1 aromatic carbocycles. The molecule has 3 heteroatoms. The van der Waals surface area contributed by atoms with Crippen molar-refractivity contribution in [2.45, 2.75) is 110 Å². The number of ether oxygens (including phenoxy) is 1. The number of hydrogen-bond acceptors (Lipinski definition) is 3. The fraction of sp³-hybridized carbons (Fsp3) is 0.708. The van der Waals surface area contributed by atoms with Gasteiger partial charge in [-0.1, -0.05) is 96.8 Å². The van der Waals surface area contributed by atoms with Gasteiger partial charge in [-0.25, -0.2) is 0 Å². The number of hydrogen-bond donors (Lipinski definition) is 1. The van der Waals surface area contributed by atoms with Crippen LogP contribution in [0.3, 0.4) is 0 Å². The zero-order chi connectivity index (χ0) is 19.6. The van der Waals surface area contributed by atoms with Crippen LogP contribution in [0.5, 0.6) is 11.5 Å². The van der Waals surface area contributed by atoms with Crippen molar-refractivity contribution in [2.24, 2.45) is 0 Å². The molecule has 1 aromatic rings. The third kappa shape index (κ3) is 14.2. The molecule has 0 aliphatic carbocycles. The standard InChI is InChI=1S/C24H40O3/c1-2-3-4-5-6-7-8-9-10-11-12-13-14-15-16-17-24(26)27-23-20-18-22(25)19-21-23/h18-21,25H,2-17H2,1H3. The molecule has 0 unspecified atom stereocenters. The van der Waals surface area contributed by atoms with Crippen molar-refractivity contribution in [3.8, 4) is 11.5 Å². The van der Waals surface area contributed by atoms with Gasteiger partial charge >= 0.3 is 5.97 Å². The van der Waals surface area contributed by atoms with Crippen molar-refractivity contribution in [3.63, 3.8) is 0 Å². The molecule has 1 rings (SSSR count). The summed E-state index contributed by atoms with van der Waals surface area (Å²) in [5, 5.41) is 9.20. The molecule has 0 amide bonds. The molecule has 154 valence electrons. The Hall–Kier alpha value is -1.51. The third-order valence-corrected chi connectivity index (χ3v) is 5.05. The Bertz CT molecular complexity index is 467. The molecule has 0 bridgehead atoms. The van der Waals surface area contributed by atoms with Crippen LogP contribution in [-0.2, 0) is 4.79 Å². The van der Waals surface area contributed by atoms with Gasteiger partial charge in [-0.3, -0.25) is 4.79 Å². The zero-order valence-corrected chi connectivity index (χ0v) is 17.4. The van der Waals surface area contributed by atoms with Gasteiger partial charge in [0.1, 0.15) is 11.5 Å². The first-order valence-electron chi connectivity index (χ1n) is 11.2. The number of phenolic OH excluding ortho intramolecular Hbond substituents is 1. The SMILES string of the molecule is CCCCCCCCCCCCCCCCCC(=O)Oc1ccc(O)cc1. The predicted octanol–water partition coefficient (Wildman–Crippen LogP) is 7.56. The highest BCUT2D eigenvalue weighted by molar-refractivity contribution is 5.72. The van der Waals surface area contributed by atoms with Gasteiger partial charge in [0.05, 0.1) is 0 Å². The van der Waals surface area contributed by atoms with Crippen LogP contribution in [0.1, 0.15) is 110 Å². The van der Waals surface area contributed by atoms with Crippen molar-refractivity contribution in [3.05, 3.63) is 24.3 Å². The summed E-state index contributed by atoms with van der Waals surface area (Å²) in [7, 11) is 0. The Morgan fingerprint density at radius 2 is 1.11 bits per heavy atom. The van der Waals surface area contributed by atoms with Gasteiger partial charge in [-0.05, 0) is 30.7 Å². The smallest absolute Gasteiger partial charge is 0.311 e. The van der Waals surface area contributed by atoms with E-state index in [1.165, 1.54) is 95.6 Å². The minimum absolute atomic E-state index is 0.178. The molecule has 0 saturated carbocycles. The van der Waals surface area contributed by atoms with Gasteiger partial charge < -0.3 is 9.84 Å². The molecule has 27 heavy (non-hydrogen) atoms. The number of rotatable bonds is 17. The number of carbonyl (C=O) groups is 1. The van der Waals surface area contributed by atoms with E-state index < -0.39 is 0 Å². The molecule has 0 aliphatic heterocycles. The lowest BCUT2D eigenvalue weighted by molar-refractivity contribution is -0.134. The number of phenols is 1. The Labute approximate surface area is 166 Å². The van der Waals surface area contributed by atoms with Crippen LogP contribution in [0.2, 0.25) is 0 Å². The van der Waals surface area contributed by atoms with Crippen molar-refractivity contribution < 1.29 is 14.6 Å². The maximum atomic E-state index is 11.7. The van der Waals surface area contributed by atoms with Crippen molar-refractivity contribution >= 4 is 5.97 Å². The zero-order valence-electron chi connectivity index (χ0n) is 17.4. The Kier molecular flexibility index (Phi) is 14.5. The number of esters is 1. The lowest BCUT2D eigenvalue weighted by atomic mass is 10.0. The summed E-state index contributed by atoms with van der Waals surface area (Å²) in [6, 6.07) is 6.27. The normalized spacial score (nSPS) is 10.9. The quantitative estimate of drug-likeness (QED) is 0.173. The molecule has 0 radical (unpaired) electrons. The molecule has 3 nitrogen and oxygen atoms in total. The van der Waals surface area contributed by atoms with Gasteiger partial charge in [-0.2, -0.15) is 0 Å². The molecule has 0 saturated heterocycles. The van der Waals surface area contributed by atoms with E-state index in [-0.39, 0.29) is 11.7 Å². The van der Waals surface area contributed by atoms with E-state index in [9.17, 15) is 9.90 Å². The maximum absolute atomic E-state index is 11.7. The van der Waals surface area contributed by atoms with Gasteiger partial charge in [0.15, 0.2) is 0 Å². The first-order valence-corrected chi connectivity index (χ1v) is 11.2. The van der Waals surface area contributed by atoms with Crippen LogP contribution in [0.4, 0.5) is 0 Å². The number of unbranched alkanes of at least 4 members (excludes halogenated alkanes) is 14. The lowest BCUT2D eigenvalue weighted by Gasteiger charge is -2.05. The molecule has 0 spiro atoms. The van der Waals surface area contributed by atoms with E-state index >= 15 is 0 Å². The summed E-state index contributed by atoms with van der Waals surface area (Å²) in [5.74, 6) is 0.492. The summed E-state index contributed by atoms with van der Waals surface area (Å²) < 4.78 is 5.24. The van der Waals surface area contributed by atoms with E-state index in [4.69, 9.17) is 4.74 Å². The summed E-state index contributed by atoms with van der Waals surface area (Å²) >= 11 is 0. The molecule has 1 N–H and O–H groups in total. The summed E-state index contributed by atoms with van der Waals surface area (Å²) in [5.41, 5.74) is 0. The topological polar surface area (TPSA) is 46.5 Å². The maximum Gasteiger partial charge on any atom is 0.311 e. The van der Waals surface area contributed by atoms with Crippen LogP contribution < -0.4 is 4.74 Å². The molecular formula is C24H40O3. The highest BCUT2D eigenvalue weighted by Crippen LogP contribution is 2.17. The average Bonchev–Trinajstić information content (AvgIpc) is 2.66. The van der Waals surface area contributed by atoms with E-state index in [1.807, 2.05) is 0 Å². The molecule has 0 aromatic heterocycles. The van der Waals surface area contributed by atoms with Gasteiger partial charge in [0.25, 0.3) is 0 Å². The van der Waals surface area contributed by atoms with Crippen LogP contribution >= 0.6 is 0 Å². The second-order valence-corrected chi connectivity index (χ2v) is 7.67. The van der Waals surface area contributed by atoms with Crippen molar-refractivity contribution in [1.82, 2.24) is 0 Å². The fourth-order valence-corrected chi connectivity index (χ4v) is 3.34. The average molecular weight is 377 g/mol. The van der Waals surface area contributed by atoms with E-state index in [1.54, 1.807) is 12.1 Å². The Morgan fingerprint density at radius 3 is 1.56 bits per heavy atom. The highest BCUT2D eigenvalue weighted by atomic mass is 16.5. The van der Waals surface area contributed by atoms with Crippen molar-refractivity contribution in [2.75, 3.05) is 0 Å². The first kappa shape index (κ1) is 23.5. The number of benzene rings is 1. The third-order valence-electron chi connectivity index (χ3n) is 5.05. The first-order chi connectivity index (χ1) is 13.2. The number of carbonyl (C=O) groups excluding carboxylic acids is 1. The minimum atomic E-state index is -0.185. The minimum Gasteiger partial charge on any atom is -0.508 e. The molecule has 0 fully saturated rings. The van der Waals surface area contributed by atoms with E-state index in [2.05, 4.69) is 6.92 Å².